The second-order valence-corrected chi connectivity index (χ2v) is 9.55. The highest BCUT2D eigenvalue weighted by Crippen LogP contribution is 2.28. The summed E-state index contributed by atoms with van der Waals surface area (Å²) in [6.07, 6.45) is 1.70. The predicted molar refractivity (Wildman–Crippen MR) is 135 cm³/mol. The van der Waals surface area contributed by atoms with E-state index in [-0.39, 0.29) is 25.0 Å². The average Bonchev–Trinajstić information content (AvgIpc) is 3.52. The van der Waals surface area contributed by atoms with Crippen LogP contribution in [-0.2, 0) is 17.3 Å². The molecule has 2 amide bonds. The molecule has 0 bridgehead atoms. The van der Waals surface area contributed by atoms with E-state index in [0.717, 1.165) is 28.1 Å². The second kappa shape index (κ2) is 10.2. The van der Waals surface area contributed by atoms with Gasteiger partial charge in [0, 0.05) is 34.5 Å². The van der Waals surface area contributed by atoms with E-state index in [0.29, 0.717) is 10.7 Å². The molecule has 0 aliphatic rings. The van der Waals surface area contributed by atoms with Crippen LogP contribution in [-0.4, -0.2) is 50.1 Å². The molecule has 0 aliphatic carbocycles. The highest BCUT2D eigenvalue weighted by molar-refractivity contribution is 7.14. The summed E-state index contributed by atoms with van der Waals surface area (Å²) < 4.78 is 0. The lowest BCUT2D eigenvalue weighted by Gasteiger charge is -2.22. The molecular formula is C25H26N6O3S. The third-order valence-electron chi connectivity index (χ3n) is 5.52. The van der Waals surface area contributed by atoms with E-state index in [1.54, 1.807) is 31.4 Å². The Morgan fingerprint density at radius 1 is 1.09 bits per heavy atom. The van der Waals surface area contributed by atoms with Gasteiger partial charge in [-0.3, -0.25) is 9.59 Å². The van der Waals surface area contributed by atoms with E-state index in [9.17, 15) is 14.7 Å². The maximum absolute atomic E-state index is 12.5. The van der Waals surface area contributed by atoms with Gasteiger partial charge in [0.2, 0.25) is 5.91 Å². The lowest BCUT2D eigenvalue weighted by molar-refractivity contribution is -0.115. The minimum atomic E-state index is -0.468. The Balaban J connectivity index is 1.36. The van der Waals surface area contributed by atoms with Gasteiger partial charge >= 0.3 is 0 Å². The molecular weight excluding hydrogens is 464 g/mol. The number of rotatable bonds is 8. The van der Waals surface area contributed by atoms with Crippen LogP contribution in [0.5, 0.6) is 0 Å². The van der Waals surface area contributed by atoms with E-state index in [4.69, 9.17) is 0 Å². The zero-order valence-electron chi connectivity index (χ0n) is 19.6. The number of aliphatic hydroxyl groups excluding tert-OH is 1. The van der Waals surface area contributed by atoms with Crippen molar-refractivity contribution >= 4 is 28.3 Å². The Morgan fingerprint density at radius 3 is 2.54 bits per heavy atom. The van der Waals surface area contributed by atoms with Crippen molar-refractivity contribution in [2.24, 2.45) is 7.05 Å². The van der Waals surface area contributed by atoms with Gasteiger partial charge in [0.1, 0.15) is 5.69 Å². The zero-order valence-corrected chi connectivity index (χ0v) is 20.5. The van der Waals surface area contributed by atoms with E-state index in [2.05, 4.69) is 25.8 Å². The van der Waals surface area contributed by atoms with Gasteiger partial charge in [0.05, 0.1) is 25.0 Å². The standard InChI is InChI=1S/C25H26N6O3S/c1-25(2,15-32)19-9-5-8-18(11-19)23(34)26-13-22(33)29-24-28-21(14-35-24)17-7-4-6-16(10-17)20-12-27-31(3)30-20/h4-12,14,32H,13,15H2,1-3H3,(H,26,34)(H,28,29,33). The number of amides is 2. The van der Waals surface area contributed by atoms with Gasteiger partial charge in [-0.2, -0.15) is 15.0 Å². The number of aromatic nitrogens is 4. The molecule has 2 aromatic carbocycles. The van der Waals surface area contributed by atoms with Crippen molar-refractivity contribution in [3.63, 3.8) is 0 Å². The Hall–Kier alpha value is -3.89. The van der Waals surface area contributed by atoms with Crippen LogP contribution in [0.25, 0.3) is 22.5 Å². The lowest BCUT2D eigenvalue weighted by Crippen LogP contribution is -2.33. The summed E-state index contributed by atoms with van der Waals surface area (Å²) in [6.45, 7) is 3.56. The molecule has 0 unspecified atom stereocenters. The fraction of sp³-hybridized carbons (Fsp3) is 0.240. The first-order chi connectivity index (χ1) is 16.7. The number of thiazole rings is 1. The fourth-order valence-corrected chi connectivity index (χ4v) is 4.11. The third kappa shape index (κ3) is 5.79. The predicted octanol–water partition coefficient (Wildman–Crippen LogP) is 3.24. The number of carbonyl (C=O) groups is 2. The van der Waals surface area contributed by atoms with E-state index >= 15 is 0 Å². The van der Waals surface area contributed by atoms with Crippen molar-refractivity contribution in [3.05, 3.63) is 71.2 Å². The zero-order chi connectivity index (χ0) is 25.0. The number of benzene rings is 2. The smallest absolute Gasteiger partial charge is 0.251 e. The summed E-state index contributed by atoms with van der Waals surface area (Å²) in [5.74, 6) is -0.740. The number of nitrogens with zero attached hydrogens (tertiary/aromatic N) is 4. The van der Waals surface area contributed by atoms with Crippen molar-refractivity contribution in [2.45, 2.75) is 19.3 Å². The van der Waals surface area contributed by atoms with Gasteiger partial charge in [-0.25, -0.2) is 4.98 Å². The molecule has 2 aromatic heterocycles. The molecule has 0 radical (unpaired) electrons. The normalized spacial score (nSPS) is 11.3. The monoisotopic (exact) mass is 490 g/mol. The first-order valence-electron chi connectivity index (χ1n) is 11.0. The maximum Gasteiger partial charge on any atom is 0.251 e. The SMILES string of the molecule is Cn1ncc(-c2cccc(-c3csc(NC(=O)CNC(=O)c4cccc(C(C)(C)CO)c4)n3)c2)n1. The first kappa shape index (κ1) is 24.2. The van der Waals surface area contributed by atoms with Crippen molar-refractivity contribution in [3.8, 4) is 22.5 Å². The fourth-order valence-electron chi connectivity index (χ4n) is 3.38. The Morgan fingerprint density at radius 2 is 1.83 bits per heavy atom. The van der Waals surface area contributed by atoms with E-state index in [1.165, 1.54) is 16.1 Å². The van der Waals surface area contributed by atoms with Gasteiger partial charge in [0.15, 0.2) is 5.13 Å². The molecule has 3 N–H and O–H groups in total. The molecule has 9 nitrogen and oxygen atoms in total. The van der Waals surface area contributed by atoms with Crippen LogP contribution >= 0.6 is 11.3 Å². The molecule has 4 aromatic rings. The minimum Gasteiger partial charge on any atom is -0.395 e. The van der Waals surface area contributed by atoms with Gasteiger partial charge in [-0.05, 0) is 23.8 Å². The largest absolute Gasteiger partial charge is 0.395 e. The van der Waals surface area contributed by atoms with Crippen LogP contribution in [0.15, 0.2) is 60.1 Å². The highest BCUT2D eigenvalue weighted by atomic mass is 32.1. The molecule has 0 saturated carbocycles. The summed E-state index contributed by atoms with van der Waals surface area (Å²) in [5, 5.41) is 25.7. The quantitative estimate of drug-likeness (QED) is 0.349. The van der Waals surface area contributed by atoms with Crippen LogP contribution in [0.4, 0.5) is 5.13 Å². The summed E-state index contributed by atoms with van der Waals surface area (Å²) in [7, 11) is 1.76. The van der Waals surface area contributed by atoms with Crippen molar-refractivity contribution in [1.82, 2.24) is 25.3 Å². The first-order valence-corrected chi connectivity index (χ1v) is 11.9. The Bertz CT molecular complexity index is 1360. The Labute approximate surface area is 206 Å². The molecule has 35 heavy (non-hydrogen) atoms. The molecule has 0 spiro atoms. The number of hydrogen-bond acceptors (Lipinski definition) is 7. The molecule has 0 atom stereocenters. The Kier molecular flexibility index (Phi) is 7.04. The molecule has 0 saturated heterocycles. The lowest BCUT2D eigenvalue weighted by atomic mass is 9.85. The summed E-state index contributed by atoms with van der Waals surface area (Å²) in [6, 6.07) is 14.8. The van der Waals surface area contributed by atoms with Crippen LogP contribution in [0.3, 0.4) is 0 Å². The summed E-state index contributed by atoms with van der Waals surface area (Å²) in [4.78, 5) is 30.9. The number of aryl methyl sites for hydroxylation is 1. The topological polar surface area (TPSA) is 122 Å². The van der Waals surface area contributed by atoms with E-state index < -0.39 is 5.41 Å². The van der Waals surface area contributed by atoms with Crippen LogP contribution in [0, 0.1) is 0 Å². The molecule has 4 rings (SSSR count). The number of anilines is 1. The van der Waals surface area contributed by atoms with Crippen molar-refractivity contribution in [1.29, 1.82) is 0 Å². The van der Waals surface area contributed by atoms with Crippen molar-refractivity contribution in [2.75, 3.05) is 18.5 Å². The van der Waals surface area contributed by atoms with Gasteiger partial charge in [-0.1, -0.05) is 44.2 Å². The molecule has 0 aliphatic heterocycles. The number of aliphatic hydroxyl groups is 1. The highest BCUT2D eigenvalue weighted by Gasteiger charge is 2.20. The number of carbonyl (C=O) groups excluding carboxylic acids is 2. The number of nitrogens with one attached hydrogen (secondary N) is 2. The van der Waals surface area contributed by atoms with Gasteiger partial charge in [0.25, 0.3) is 5.91 Å². The average molecular weight is 491 g/mol. The van der Waals surface area contributed by atoms with Crippen molar-refractivity contribution < 1.29 is 14.7 Å². The molecule has 2 heterocycles. The summed E-state index contributed by atoms with van der Waals surface area (Å²) in [5.41, 5.74) is 4.10. The van der Waals surface area contributed by atoms with Gasteiger partial charge in [-0.15, -0.1) is 11.3 Å². The summed E-state index contributed by atoms with van der Waals surface area (Å²) >= 11 is 1.30. The second-order valence-electron chi connectivity index (χ2n) is 8.69. The number of hydrogen-bond donors (Lipinski definition) is 3. The minimum absolute atomic E-state index is 0.0407. The van der Waals surface area contributed by atoms with Crippen LogP contribution in [0.1, 0.15) is 29.8 Å². The molecule has 0 fully saturated rings. The van der Waals surface area contributed by atoms with Crippen LogP contribution < -0.4 is 10.6 Å². The third-order valence-corrected chi connectivity index (χ3v) is 6.27. The van der Waals surface area contributed by atoms with E-state index in [1.807, 2.05) is 49.6 Å². The maximum atomic E-state index is 12.5. The van der Waals surface area contributed by atoms with Gasteiger partial charge < -0.3 is 15.7 Å². The molecule has 10 heteroatoms. The molecule has 180 valence electrons. The van der Waals surface area contributed by atoms with Crippen LogP contribution in [0.2, 0.25) is 0 Å².